The van der Waals surface area contributed by atoms with Gasteiger partial charge in [0.25, 0.3) is 5.91 Å². The van der Waals surface area contributed by atoms with E-state index in [9.17, 15) is 10.1 Å². The van der Waals surface area contributed by atoms with E-state index in [1.54, 1.807) is 4.90 Å². The molecule has 0 spiro atoms. The second kappa shape index (κ2) is 6.23. The average molecular weight is 309 g/mol. The van der Waals surface area contributed by atoms with Crippen molar-refractivity contribution in [3.63, 3.8) is 0 Å². The lowest BCUT2D eigenvalue weighted by Gasteiger charge is -2.33. The van der Waals surface area contributed by atoms with Gasteiger partial charge in [-0.3, -0.25) is 4.79 Å². The van der Waals surface area contributed by atoms with Gasteiger partial charge in [0.05, 0.1) is 5.70 Å². The van der Waals surface area contributed by atoms with Crippen molar-refractivity contribution in [2.45, 2.75) is 6.92 Å². The number of carbonyl (C=O) groups is 1. The zero-order chi connectivity index (χ0) is 16.4. The predicted octanol–water partition coefficient (Wildman–Crippen LogP) is 0.804. The fraction of sp³-hybridized carbons (Fsp3) is 0.353. The van der Waals surface area contributed by atoms with Crippen LogP contribution in [0.1, 0.15) is 18.1 Å². The number of amidine groups is 1. The molecule has 0 atom stereocenters. The van der Waals surface area contributed by atoms with E-state index in [0.717, 1.165) is 30.8 Å². The number of likely N-dealkylation sites (N-methyl/N-ethyl adjacent to an activating group) is 1. The van der Waals surface area contributed by atoms with Gasteiger partial charge in [0.1, 0.15) is 17.5 Å². The molecule has 118 valence electrons. The van der Waals surface area contributed by atoms with Crippen LogP contribution in [0.25, 0.3) is 5.70 Å². The van der Waals surface area contributed by atoms with Gasteiger partial charge in [-0.15, -0.1) is 0 Å². The first-order valence-electron chi connectivity index (χ1n) is 7.75. The molecule has 0 saturated carbocycles. The first-order valence-corrected chi connectivity index (χ1v) is 7.75. The summed E-state index contributed by atoms with van der Waals surface area (Å²) in [6.07, 6.45) is 0. The third-order valence-electron chi connectivity index (χ3n) is 4.36. The Kier molecular flexibility index (Phi) is 4.13. The summed E-state index contributed by atoms with van der Waals surface area (Å²) in [4.78, 5) is 21.0. The number of nitrogens with zero attached hydrogens (tertiary/aromatic N) is 4. The molecule has 23 heavy (non-hydrogen) atoms. The Hall–Kier alpha value is -2.65. The molecule has 1 aromatic carbocycles. The van der Waals surface area contributed by atoms with Crippen LogP contribution in [0.3, 0.4) is 0 Å². The third kappa shape index (κ3) is 2.71. The standard InChI is InChI=1S/C17H19N5O/c1-2-21-7-9-22(10-8-21)17(23)14(11-18)15-12-5-3-4-6-13(12)16(19)20-15/h3-6H,2,7-10H2,1H3,(H2,19,20). The van der Waals surface area contributed by atoms with Crippen LogP contribution >= 0.6 is 0 Å². The van der Waals surface area contributed by atoms with Gasteiger partial charge in [-0.25, -0.2) is 4.99 Å². The van der Waals surface area contributed by atoms with E-state index in [0.29, 0.717) is 24.6 Å². The van der Waals surface area contributed by atoms with Crippen LogP contribution in [-0.2, 0) is 4.79 Å². The molecule has 0 aliphatic carbocycles. The summed E-state index contributed by atoms with van der Waals surface area (Å²) in [6.45, 7) is 6.00. The van der Waals surface area contributed by atoms with Gasteiger partial charge in [-0.2, -0.15) is 5.26 Å². The Morgan fingerprint density at radius 3 is 2.52 bits per heavy atom. The van der Waals surface area contributed by atoms with Crippen molar-refractivity contribution >= 4 is 17.4 Å². The number of nitrogens with two attached hydrogens (primary N) is 1. The van der Waals surface area contributed by atoms with Crippen molar-refractivity contribution in [3.05, 3.63) is 41.0 Å². The molecule has 0 unspecified atom stereocenters. The number of hydrogen-bond donors (Lipinski definition) is 1. The molecule has 2 aliphatic rings. The van der Waals surface area contributed by atoms with Crippen molar-refractivity contribution in [2.75, 3.05) is 32.7 Å². The molecule has 0 aromatic heterocycles. The summed E-state index contributed by atoms with van der Waals surface area (Å²) in [5.74, 6) is 0.0958. The minimum Gasteiger partial charge on any atom is -0.383 e. The molecule has 2 heterocycles. The summed E-state index contributed by atoms with van der Waals surface area (Å²) in [7, 11) is 0. The number of hydrogen-bond acceptors (Lipinski definition) is 5. The van der Waals surface area contributed by atoms with E-state index < -0.39 is 0 Å². The van der Waals surface area contributed by atoms with Gasteiger partial charge in [-0.05, 0) is 6.54 Å². The highest BCUT2D eigenvalue weighted by molar-refractivity contribution is 6.14. The first kappa shape index (κ1) is 15.3. The number of fused-ring (bicyclic) bond motifs is 1. The number of amides is 1. The maximum Gasteiger partial charge on any atom is 0.266 e. The van der Waals surface area contributed by atoms with Gasteiger partial charge in [0, 0.05) is 37.3 Å². The number of benzene rings is 1. The van der Waals surface area contributed by atoms with Gasteiger partial charge in [0.2, 0.25) is 0 Å². The number of carbonyl (C=O) groups excluding carboxylic acids is 1. The lowest BCUT2D eigenvalue weighted by atomic mass is 10.0. The maximum absolute atomic E-state index is 12.7. The maximum atomic E-state index is 12.7. The molecule has 2 aliphatic heterocycles. The average Bonchev–Trinajstić information content (AvgIpc) is 2.93. The van der Waals surface area contributed by atoms with Crippen LogP contribution in [0.5, 0.6) is 0 Å². The van der Waals surface area contributed by atoms with E-state index in [-0.39, 0.29) is 11.5 Å². The van der Waals surface area contributed by atoms with E-state index >= 15 is 0 Å². The first-order chi connectivity index (χ1) is 11.2. The number of aliphatic imine (C=N–C) groups is 1. The molecule has 1 amide bonds. The van der Waals surface area contributed by atoms with Gasteiger partial charge < -0.3 is 15.5 Å². The summed E-state index contributed by atoms with van der Waals surface area (Å²) in [6, 6.07) is 9.45. The second-order valence-corrected chi connectivity index (χ2v) is 5.60. The number of piperazine rings is 1. The molecule has 6 nitrogen and oxygen atoms in total. The minimum atomic E-state index is -0.258. The van der Waals surface area contributed by atoms with Crippen LogP contribution < -0.4 is 5.73 Å². The van der Waals surface area contributed by atoms with Crippen molar-refractivity contribution in [1.82, 2.24) is 9.80 Å². The number of nitriles is 1. The van der Waals surface area contributed by atoms with Crippen molar-refractivity contribution in [3.8, 4) is 6.07 Å². The second-order valence-electron chi connectivity index (χ2n) is 5.60. The van der Waals surface area contributed by atoms with E-state index in [4.69, 9.17) is 5.73 Å². The minimum absolute atomic E-state index is 0.0721. The Morgan fingerprint density at radius 2 is 1.91 bits per heavy atom. The third-order valence-corrected chi connectivity index (χ3v) is 4.36. The zero-order valence-corrected chi connectivity index (χ0v) is 13.1. The smallest absolute Gasteiger partial charge is 0.266 e. The highest BCUT2D eigenvalue weighted by atomic mass is 16.2. The summed E-state index contributed by atoms with van der Waals surface area (Å²) >= 11 is 0. The molecule has 1 saturated heterocycles. The monoisotopic (exact) mass is 309 g/mol. The van der Waals surface area contributed by atoms with Crippen LogP contribution in [0, 0.1) is 11.3 Å². The molecule has 6 heteroatoms. The Morgan fingerprint density at radius 1 is 1.26 bits per heavy atom. The quantitative estimate of drug-likeness (QED) is 0.647. The normalized spacial score (nSPS) is 19.8. The number of rotatable bonds is 2. The lowest BCUT2D eigenvalue weighted by Crippen LogP contribution is -2.48. The zero-order valence-electron chi connectivity index (χ0n) is 13.1. The van der Waals surface area contributed by atoms with E-state index in [1.165, 1.54) is 0 Å². The van der Waals surface area contributed by atoms with Crippen LogP contribution in [-0.4, -0.2) is 54.3 Å². The van der Waals surface area contributed by atoms with Gasteiger partial charge in [-0.1, -0.05) is 31.2 Å². The summed E-state index contributed by atoms with van der Waals surface area (Å²) in [5, 5.41) is 9.52. The highest BCUT2D eigenvalue weighted by Crippen LogP contribution is 2.30. The van der Waals surface area contributed by atoms with Gasteiger partial charge >= 0.3 is 0 Å². The fourth-order valence-electron chi connectivity index (χ4n) is 2.97. The SMILES string of the molecule is CCN1CCN(C(=O)C(C#N)=C2N=C(N)c3ccccc32)CC1. The Bertz CT molecular complexity index is 736. The fourth-order valence-corrected chi connectivity index (χ4v) is 2.97. The highest BCUT2D eigenvalue weighted by Gasteiger charge is 2.29. The molecular weight excluding hydrogens is 290 g/mol. The van der Waals surface area contributed by atoms with Crippen molar-refractivity contribution < 1.29 is 4.79 Å². The van der Waals surface area contributed by atoms with Crippen LogP contribution in [0.15, 0.2) is 34.8 Å². The van der Waals surface area contributed by atoms with Crippen LogP contribution in [0.2, 0.25) is 0 Å². The van der Waals surface area contributed by atoms with E-state index in [1.807, 2.05) is 30.3 Å². The Balaban J connectivity index is 1.92. The molecule has 0 radical (unpaired) electrons. The molecule has 0 bridgehead atoms. The molecule has 2 N–H and O–H groups in total. The molecule has 1 fully saturated rings. The largest absolute Gasteiger partial charge is 0.383 e. The van der Waals surface area contributed by atoms with E-state index in [2.05, 4.69) is 16.8 Å². The lowest BCUT2D eigenvalue weighted by molar-refractivity contribution is -0.128. The topological polar surface area (TPSA) is 85.7 Å². The molecule has 1 aromatic rings. The summed E-state index contributed by atoms with van der Waals surface area (Å²) in [5.41, 5.74) is 7.91. The van der Waals surface area contributed by atoms with Crippen LogP contribution in [0.4, 0.5) is 0 Å². The van der Waals surface area contributed by atoms with Crippen molar-refractivity contribution in [1.29, 1.82) is 5.26 Å². The Labute approximate surface area is 135 Å². The molecular formula is C17H19N5O. The molecule has 3 rings (SSSR count). The summed E-state index contributed by atoms with van der Waals surface area (Å²) < 4.78 is 0. The van der Waals surface area contributed by atoms with Crippen molar-refractivity contribution in [2.24, 2.45) is 10.7 Å². The predicted molar refractivity (Wildman–Crippen MR) is 88.4 cm³/mol. The van der Waals surface area contributed by atoms with Gasteiger partial charge in [0.15, 0.2) is 0 Å².